The Morgan fingerprint density at radius 1 is 1.24 bits per heavy atom. The van der Waals surface area contributed by atoms with Crippen LogP contribution in [0.1, 0.15) is 44.1 Å². The number of aryl methyl sites for hydroxylation is 1. The van der Waals surface area contributed by atoms with E-state index in [1.807, 2.05) is 6.92 Å². The summed E-state index contributed by atoms with van der Waals surface area (Å²) < 4.78 is 28.4. The van der Waals surface area contributed by atoms with Gasteiger partial charge in [0.25, 0.3) is 0 Å². The summed E-state index contributed by atoms with van der Waals surface area (Å²) in [6, 6.07) is 7.30. The van der Waals surface area contributed by atoms with E-state index in [2.05, 4.69) is 26.7 Å². The molecule has 114 valence electrons. The summed E-state index contributed by atoms with van der Waals surface area (Å²) in [5.41, 5.74) is 0.00456. The Morgan fingerprint density at radius 3 is 2.38 bits per heavy atom. The SMILES string of the molecule is Cc1ccc(S(=O)(=O)NC2(C#N)CCCCCC2)c(Br)c1. The zero-order valence-electron chi connectivity index (χ0n) is 12.0. The van der Waals surface area contributed by atoms with Crippen molar-refractivity contribution in [1.82, 2.24) is 4.72 Å². The summed E-state index contributed by atoms with van der Waals surface area (Å²) in [6.45, 7) is 1.90. The van der Waals surface area contributed by atoms with Gasteiger partial charge >= 0.3 is 0 Å². The Bertz CT molecular complexity index is 657. The van der Waals surface area contributed by atoms with Crippen molar-refractivity contribution >= 4 is 26.0 Å². The summed E-state index contributed by atoms with van der Waals surface area (Å²) in [6.07, 6.45) is 5.02. The molecule has 4 nitrogen and oxygen atoms in total. The van der Waals surface area contributed by atoms with E-state index in [-0.39, 0.29) is 4.90 Å². The third kappa shape index (κ3) is 3.85. The van der Waals surface area contributed by atoms with Gasteiger partial charge in [-0.3, -0.25) is 0 Å². The van der Waals surface area contributed by atoms with Gasteiger partial charge in [0.15, 0.2) is 0 Å². The lowest BCUT2D eigenvalue weighted by atomic mass is 9.94. The number of nitrogens with one attached hydrogen (secondary N) is 1. The van der Waals surface area contributed by atoms with E-state index >= 15 is 0 Å². The van der Waals surface area contributed by atoms with E-state index in [9.17, 15) is 13.7 Å². The molecule has 1 aliphatic rings. The molecule has 1 aromatic carbocycles. The molecule has 0 radical (unpaired) electrons. The van der Waals surface area contributed by atoms with Gasteiger partial charge in [-0.25, -0.2) is 8.42 Å². The van der Waals surface area contributed by atoms with Crippen molar-refractivity contribution in [3.8, 4) is 6.07 Å². The molecule has 6 heteroatoms. The Morgan fingerprint density at radius 2 is 1.86 bits per heavy atom. The smallest absolute Gasteiger partial charge is 0.207 e. The van der Waals surface area contributed by atoms with Gasteiger partial charge in [0.2, 0.25) is 10.0 Å². The Balaban J connectivity index is 2.33. The lowest BCUT2D eigenvalue weighted by Gasteiger charge is -2.26. The van der Waals surface area contributed by atoms with Crippen molar-refractivity contribution in [2.24, 2.45) is 0 Å². The standard InChI is InChI=1S/C15H19BrN2O2S/c1-12-6-7-14(13(16)10-12)21(19,20)18-15(11-17)8-4-2-3-5-9-15/h6-7,10,18H,2-5,8-9H2,1H3. The molecule has 1 saturated carbocycles. The van der Waals surface area contributed by atoms with Crippen LogP contribution in [-0.2, 0) is 10.0 Å². The van der Waals surface area contributed by atoms with Gasteiger partial charge < -0.3 is 0 Å². The highest BCUT2D eigenvalue weighted by molar-refractivity contribution is 9.10. The third-order valence-electron chi connectivity index (χ3n) is 3.88. The number of nitrogens with zero attached hydrogens (tertiary/aromatic N) is 1. The largest absolute Gasteiger partial charge is 0.243 e. The number of nitriles is 1. The quantitative estimate of drug-likeness (QED) is 0.825. The predicted octanol–water partition coefficient (Wildman–Crippen LogP) is 3.65. The molecule has 1 fully saturated rings. The molecule has 0 aromatic heterocycles. The minimum Gasteiger partial charge on any atom is -0.207 e. The van der Waals surface area contributed by atoms with Crippen LogP contribution in [0.3, 0.4) is 0 Å². The van der Waals surface area contributed by atoms with Crippen molar-refractivity contribution in [2.45, 2.75) is 55.9 Å². The molecule has 2 rings (SSSR count). The minimum absolute atomic E-state index is 0.187. The van der Waals surface area contributed by atoms with Crippen molar-refractivity contribution < 1.29 is 8.42 Å². The zero-order valence-corrected chi connectivity index (χ0v) is 14.4. The second-order valence-corrected chi connectivity index (χ2v) is 8.15. The first-order valence-electron chi connectivity index (χ1n) is 7.10. The fourth-order valence-electron chi connectivity index (χ4n) is 2.70. The molecule has 0 heterocycles. The first-order chi connectivity index (χ1) is 9.88. The highest BCUT2D eigenvalue weighted by Gasteiger charge is 2.36. The van der Waals surface area contributed by atoms with E-state index in [4.69, 9.17) is 0 Å². The van der Waals surface area contributed by atoms with Crippen LogP contribution in [0.25, 0.3) is 0 Å². The summed E-state index contributed by atoms with van der Waals surface area (Å²) in [5.74, 6) is 0. The summed E-state index contributed by atoms with van der Waals surface area (Å²) in [7, 11) is -3.71. The second kappa shape index (κ2) is 6.47. The van der Waals surface area contributed by atoms with E-state index in [1.165, 1.54) is 0 Å². The molecule has 0 unspecified atom stereocenters. The van der Waals surface area contributed by atoms with Gasteiger partial charge in [-0.2, -0.15) is 9.98 Å². The van der Waals surface area contributed by atoms with E-state index < -0.39 is 15.6 Å². The monoisotopic (exact) mass is 370 g/mol. The molecule has 0 bridgehead atoms. The first-order valence-corrected chi connectivity index (χ1v) is 9.38. The maximum atomic E-state index is 12.6. The van der Waals surface area contributed by atoms with Crippen molar-refractivity contribution in [2.75, 3.05) is 0 Å². The van der Waals surface area contributed by atoms with Crippen LogP contribution in [0.2, 0.25) is 0 Å². The molecule has 0 aliphatic heterocycles. The van der Waals surface area contributed by atoms with Crippen LogP contribution in [0.5, 0.6) is 0 Å². The number of benzene rings is 1. The summed E-state index contributed by atoms with van der Waals surface area (Å²) in [4.78, 5) is 0.187. The first kappa shape index (κ1) is 16.5. The molecular formula is C15H19BrN2O2S. The van der Waals surface area contributed by atoms with E-state index in [0.29, 0.717) is 17.3 Å². The molecule has 0 amide bonds. The van der Waals surface area contributed by atoms with Gasteiger partial charge in [0.05, 0.1) is 11.0 Å². The zero-order chi connectivity index (χ0) is 15.5. The van der Waals surface area contributed by atoms with Crippen molar-refractivity contribution in [3.63, 3.8) is 0 Å². The van der Waals surface area contributed by atoms with Crippen molar-refractivity contribution in [1.29, 1.82) is 5.26 Å². The minimum atomic E-state index is -3.71. The van der Waals surface area contributed by atoms with E-state index in [1.54, 1.807) is 18.2 Å². The van der Waals surface area contributed by atoms with Crippen LogP contribution >= 0.6 is 15.9 Å². The lowest BCUT2D eigenvalue weighted by molar-refractivity contribution is 0.422. The molecule has 1 aromatic rings. The summed E-state index contributed by atoms with van der Waals surface area (Å²) in [5, 5.41) is 9.50. The van der Waals surface area contributed by atoms with Crippen LogP contribution in [0.15, 0.2) is 27.6 Å². The average Bonchev–Trinajstić information content (AvgIpc) is 2.64. The van der Waals surface area contributed by atoms with Crippen LogP contribution < -0.4 is 4.72 Å². The van der Waals surface area contributed by atoms with Gasteiger partial charge in [-0.05, 0) is 53.4 Å². The molecule has 0 saturated heterocycles. The Kier molecular flexibility index (Phi) is 5.07. The fourth-order valence-corrected chi connectivity index (χ4v) is 5.27. The van der Waals surface area contributed by atoms with Gasteiger partial charge in [0, 0.05) is 4.47 Å². The summed E-state index contributed by atoms with van der Waals surface area (Å²) >= 11 is 3.30. The molecule has 1 aliphatic carbocycles. The topological polar surface area (TPSA) is 70.0 Å². The normalized spacial score (nSPS) is 18.7. The van der Waals surface area contributed by atoms with Crippen LogP contribution in [-0.4, -0.2) is 14.0 Å². The predicted molar refractivity (Wildman–Crippen MR) is 85.2 cm³/mol. The fraction of sp³-hybridized carbons (Fsp3) is 0.533. The van der Waals surface area contributed by atoms with E-state index in [0.717, 1.165) is 31.2 Å². The van der Waals surface area contributed by atoms with Crippen LogP contribution in [0, 0.1) is 18.3 Å². The van der Waals surface area contributed by atoms with Gasteiger partial charge in [0.1, 0.15) is 5.54 Å². The van der Waals surface area contributed by atoms with Crippen LogP contribution in [0.4, 0.5) is 0 Å². The Labute approximate surface area is 134 Å². The molecule has 0 atom stereocenters. The number of sulfonamides is 1. The van der Waals surface area contributed by atoms with Gasteiger partial charge in [-0.1, -0.05) is 31.7 Å². The van der Waals surface area contributed by atoms with Gasteiger partial charge in [-0.15, -0.1) is 0 Å². The number of halogens is 1. The number of rotatable bonds is 3. The highest BCUT2D eigenvalue weighted by Crippen LogP contribution is 2.30. The average molecular weight is 371 g/mol. The number of hydrogen-bond donors (Lipinski definition) is 1. The maximum absolute atomic E-state index is 12.6. The molecule has 0 spiro atoms. The second-order valence-electron chi connectivity index (χ2n) is 5.65. The number of hydrogen-bond acceptors (Lipinski definition) is 3. The molecular weight excluding hydrogens is 352 g/mol. The molecule has 21 heavy (non-hydrogen) atoms. The maximum Gasteiger partial charge on any atom is 0.243 e. The lowest BCUT2D eigenvalue weighted by Crippen LogP contribution is -2.46. The highest BCUT2D eigenvalue weighted by atomic mass is 79.9. The Hall–Kier alpha value is -0.900. The van der Waals surface area contributed by atoms with Crippen molar-refractivity contribution in [3.05, 3.63) is 28.2 Å². The third-order valence-corrected chi connectivity index (χ3v) is 6.39. The molecule has 1 N–H and O–H groups in total.